The molecule has 0 saturated heterocycles. The van der Waals surface area contributed by atoms with Gasteiger partial charge in [0, 0.05) is 0 Å². The van der Waals surface area contributed by atoms with E-state index < -0.39 is 0 Å². The Balaban J connectivity index is 1.20. The Morgan fingerprint density at radius 3 is 1.59 bits per heavy atom. The van der Waals surface area contributed by atoms with Crippen molar-refractivity contribution in [2.45, 2.75) is 9.79 Å². The van der Waals surface area contributed by atoms with Gasteiger partial charge in [0.25, 0.3) is 0 Å². The molecule has 0 radical (unpaired) electrons. The predicted octanol–water partition coefficient (Wildman–Crippen LogP) is 12.4. The van der Waals surface area contributed by atoms with Crippen LogP contribution in [0.25, 0.3) is 65.7 Å². The molecule has 0 aromatic heterocycles. The van der Waals surface area contributed by atoms with Crippen molar-refractivity contribution >= 4 is 44.1 Å². The van der Waals surface area contributed by atoms with Gasteiger partial charge >= 0.3 is 0 Å². The average Bonchev–Trinajstić information content (AvgIpc) is 3.10. The van der Waals surface area contributed by atoms with Gasteiger partial charge in [-0.25, -0.2) is 0 Å². The first-order chi connectivity index (χ1) is 21.8. The van der Waals surface area contributed by atoms with Crippen LogP contribution in [0.1, 0.15) is 0 Å². The Hall–Kier alpha value is -5.31. The number of hydrogen-bond donors (Lipinski definition) is 0. The van der Waals surface area contributed by atoms with E-state index in [4.69, 9.17) is 4.74 Å². The highest BCUT2D eigenvalue weighted by atomic mass is 32.2. The minimum Gasteiger partial charge on any atom is -0.455 e. The molecule has 0 atom stereocenters. The molecule has 0 unspecified atom stereocenters. The zero-order chi connectivity index (χ0) is 29.0. The van der Waals surface area contributed by atoms with Crippen LogP contribution < -0.4 is 4.74 Å². The Bertz CT molecular complexity index is 2370. The van der Waals surface area contributed by atoms with E-state index in [0.717, 1.165) is 21.3 Å². The average molecular weight is 579 g/mol. The van der Waals surface area contributed by atoms with E-state index in [1.807, 2.05) is 12.1 Å². The maximum absolute atomic E-state index is 6.22. The van der Waals surface area contributed by atoms with Gasteiger partial charge in [-0.05, 0) is 102 Å². The number of hydrogen-bond acceptors (Lipinski definition) is 2. The Kier molecular flexibility index (Phi) is 5.82. The van der Waals surface area contributed by atoms with Crippen molar-refractivity contribution in [1.82, 2.24) is 0 Å². The smallest absolute Gasteiger partial charge is 0.141 e. The molecule has 44 heavy (non-hydrogen) atoms. The summed E-state index contributed by atoms with van der Waals surface area (Å²) >= 11 is 1.77. The lowest BCUT2D eigenvalue weighted by Gasteiger charge is -2.20. The third-order valence-electron chi connectivity index (χ3n) is 8.73. The third-order valence-corrected chi connectivity index (χ3v) is 9.82. The first-order valence-corrected chi connectivity index (χ1v) is 15.7. The molecule has 0 spiro atoms. The molecule has 1 aliphatic rings. The van der Waals surface area contributed by atoms with Crippen LogP contribution in [0.3, 0.4) is 0 Å². The van der Waals surface area contributed by atoms with E-state index in [0.29, 0.717) is 0 Å². The molecule has 2 heteroatoms. The molecular weight excluding hydrogens is 553 g/mol. The minimum absolute atomic E-state index is 0.911. The summed E-state index contributed by atoms with van der Waals surface area (Å²) in [5.41, 5.74) is 7.32. The molecule has 1 aliphatic heterocycles. The summed E-state index contributed by atoms with van der Waals surface area (Å²) in [5.74, 6) is 1.83. The van der Waals surface area contributed by atoms with Crippen molar-refractivity contribution < 1.29 is 4.74 Å². The van der Waals surface area contributed by atoms with Crippen LogP contribution in [0, 0.1) is 0 Å². The lowest BCUT2D eigenvalue weighted by Crippen LogP contribution is -1.95. The summed E-state index contributed by atoms with van der Waals surface area (Å²) in [6.07, 6.45) is 0. The molecule has 0 aliphatic carbocycles. The molecule has 0 bridgehead atoms. The van der Waals surface area contributed by atoms with Crippen molar-refractivity contribution in [3.63, 3.8) is 0 Å². The third kappa shape index (κ3) is 4.11. The molecule has 9 rings (SSSR count). The van der Waals surface area contributed by atoms with Gasteiger partial charge in [0.1, 0.15) is 11.5 Å². The lowest BCUT2D eigenvalue weighted by atomic mass is 9.89. The second-order valence-corrected chi connectivity index (χ2v) is 12.4. The van der Waals surface area contributed by atoms with Crippen molar-refractivity contribution in [2.24, 2.45) is 0 Å². The minimum atomic E-state index is 0.911. The van der Waals surface area contributed by atoms with Gasteiger partial charge < -0.3 is 4.74 Å². The van der Waals surface area contributed by atoms with Gasteiger partial charge in [-0.15, -0.1) is 0 Å². The van der Waals surface area contributed by atoms with E-state index in [2.05, 4.69) is 146 Å². The summed E-state index contributed by atoms with van der Waals surface area (Å²) in [6, 6.07) is 56.9. The quantitative estimate of drug-likeness (QED) is 0.193. The van der Waals surface area contributed by atoms with Crippen LogP contribution in [-0.4, -0.2) is 0 Å². The molecular formula is C42H26OS. The molecule has 0 fully saturated rings. The van der Waals surface area contributed by atoms with Crippen LogP contribution in [0.15, 0.2) is 168 Å². The van der Waals surface area contributed by atoms with Crippen LogP contribution in [0.5, 0.6) is 11.5 Å². The Labute approximate surface area is 260 Å². The fourth-order valence-corrected chi connectivity index (χ4v) is 7.61. The Morgan fingerprint density at radius 2 is 0.841 bits per heavy atom. The largest absolute Gasteiger partial charge is 0.455 e. The van der Waals surface area contributed by atoms with Gasteiger partial charge in [-0.3, -0.25) is 0 Å². The summed E-state index contributed by atoms with van der Waals surface area (Å²) in [4.78, 5) is 2.29. The van der Waals surface area contributed by atoms with Gasteiger partial charge in [-0.2, -0.15) is 0 Å². The van der Waals surface area contributed by atoms with E-state index in [-0.39, 0.29) is 0 Å². The maximum atomic E-state index is 6.22. The molecule has 8 aromatic carbocycles. The summed E-state index contributed by atoms with van der Waals surface area (Å²) < 4.78 is 6.22. The number of fused-ring (bicyclic) bond motifs is 8. The number of benzene rings is 8. The highest BCUT2D eigenvalue weighted by molar-refractivity contribution is 7.99. The monoisotopic (exact) mass is 578 g/mol. The maximum Gasteiger partial charge on any atom is 0.141 e. The molecule has 1 heterocycles. The first-order valence-electron chi connectivity index (χ1n) is 14.9. The van der Waals surface area contributed by atoms with Gasteiger partial charge in [0.15, 0.2) is 0 Å². The topological polar surface area (TPSA) is 9.23 Å². The highest BCUT2D eigenvalue weighted by Crippen LogP contribution is 2.48. The summed E-state index contributed by atoms with van der Waals surface area (Å²) in [5, 5.41) is 7.69. The SMILES string of the molecule is c1ccc(-c2ccc3c4ccc(-c5ccccc5-c5ccc6c(c5)Sc5ccccc5O6)cc4c4ccccc4c3c2)cc1. The summed E-state index contributed by atoms with van der Waals surface area (Å²) in [6.45, 7) is 0. The molecule has 0 amide bonds. The fraction of sp³-hybridized carbons (Fsp3) is 0. The van der Waals surface area contributed by atoms with E-state index in [1.54, 1.807) is 11.8 Å². The Morgan fingerprint density at radius 1 is 0.318 bits per heavy atom. The molecule has 206 valence electrons. The zero-order valence-corrected chi connectivity index (χ0v) is 24.6. The fourth-order valence-electron chi connectivity index (χ4n) is 6.62. The number of rotatable bonds is 3. The van der Waals surface area contributed by atoms with Crippen LogP contribution in [-0.2, 0) is 0 Å². The van der Waals surface area contributed by atoms with Crippen molar-refractivity contribution in [1.29, 1.82) is 0 Å². The van der Waals surface area contributed by atoms with Crippen LogP contribution in [0.2, 0.25) is 0 Å². The van der Waals surface area contributed by atoms with Crippen molar-refractivity contribution in [3.05, 3.63) is 158 Å². The molecule has 1 nitrogen and oxygen atoms in total. The zero-order valence-electron chi connectivity index (χ0n) is 23.8. The molecule has 0 N–H and O–H groups in total. The van der Waals surface area contributed by atoms with Crippen LogP contribution >= 0.6 is 11.8 Å². The van der Waals surface area contributed by atoms with Gasteiger partial charge in [0.05, 0.1) is 9.79 Å². The molecule has 8 aromatic rings. The normalized spacial score (nSPS) is 12.2. The van der Waals surface area contributed by atoms with E-state index in [9.17, 15) is 0 Å². The summed E-state index contributed by atoms with van der Waals surface area (Å²) in [7, 11) is 0. The van der Waals surface area contributed by atoms with Crippen molar-refractivity contribution in [2.75, 3.05) is 0 Å². The van der Waals surface area contributed by atoms with Gasteiger partial charge in [-0.1, -0.05) is 133 Å². The highest BCUT2D eigenvalue weighted by Gasteiger charge is 2.19. The second-order valence-electron chi connectivity index (χ2n) is 11.3. The molecule has 0 saturated carbocycles. The van der Waals surface area contributed by atoms with Crippen molar-refractivity contribution in [3.8, 4) is 44.9 Å². The van der Waals surface area contributed by atoms with E-state index in [1.165, 1.54) is 65.7 Å². The standard InChI is InChI=1S/C42H26OS/c1-2-10-27(11-3-1)28-18-21-35-36-22-19-29(25-38(36)34-15-7-6-14-33(34)37(35)24-28)31-12-4-5-13-32(31)30-20-23-40-42(26-30)44-41-17-9-8-16-39(41)43-40/h1-26H. The predicted molar refractivity (Wildman–Crippen MR) is 186 cm³/mol. The number of ether oxygens (including phenoxy) is 1. The van der Waals surface area contributed by atoms with E-state index >= 15 is 0 Å². The second kappa shape index (κ2) is 10.2. The van der Waals surface area contributed by atoms with Gasteiger partial charge in [0.2, 0.25) is 0 Å². The lowest BCUT2D eigenvalue weighted by molar-refractivity contribution is 0.454. The van der Waals surface area contributed by atoms with Crippen LogP contribution in [0.4, 0.5) is 0 Å². The first kappa shape index (κ1) is 25.2. The number of para-hydroxylation sites is 1.